The van der Waals surface area contributed by atoms with Gasteiger partial charge in [0.05, 0.1) is 5.02 Å². The second-order valence-corrected chi connectivity index (χ2v) is 6.25. The van der Waals surface area contributed by atoms with E-state index in [-0.39, 0.29) is 18.2 Å². The Labute approximate surface area is 123 Å². The first-order valence-electron chi connectivity index (χ1n) is 6.89. The number of halogens is 1. The Bertz CT molecular complexity index is 558. The number of nitrogens with one attached hydrogen (secondary N) is 1. The van der Waals surface area contributed by atoms with E-state index >= 15 is 0 Å². The molecule has 4 nitrogen and oxygen atoms in total. The highest BCUT2D eigenvalue weighted by atomic mass is 35.5. The second kappa shape index (κ2) is 4.85. The summed E-state index contributed by atoms with van der Waals surface area (Å²) in [5.74, 6) is 1.80. The molecule has 2 aliphatic heterocycles. The highest BCUT2D eigenvalue weighted by Crippen LogP contribution is 2.41. The number of carbonyl (C=O) groups is 1. The second-order valence-electron chi connectivity index (χ2n) is 5.85. The van der Waals surface area contributed by atoms with Crippen molar-refractivity contribution in [3.63, 3.8) is 0 Å². The zero-order chi connectivity index (χ0) is 14.3. The topological polar surface area (TPSA) is 47.6 Å². The first-order valence-corrected chi connectivity index (χ1v) is 7.27. The zero-order valence-corrected chi connectivity index (χ0v) is 12.4. The summed E-state index contributed by atoms with van der Waals surface area (Å²) < 4.78 is 10.7. The molecule has 0 radical (unpaired) electrons. The number of benzene rings is 1. The Kier molecular flexibility index (Phi) is 3.28. The summed E-state index contributed by atoms with van der Waals surface area (Å²) >= 11 is 6.22. The van der Waals surface area contributed by atoms with Gasteiger partial charge in [0.25, 0.3) is 0 Å². The highest BCUT2D eigenvalue weighted by molar-refractivity contribution is 6.32. The first-order chi connectivity index (χ1) is 9.50. The third-order valence-electron chi connectivity index (χ3n) is 4.30. The van der Waals surface area contributed by atoms with Crippen LogP contribution in [0.15, 0.2) is 12.1 Å². The van der Waals surface area contributed by atoms with E-state index in [4.69, 9.17) is 21.1 Å². The van der Waals surface area contributed by atoms with Crippen LogP contribution < -0.4 is 14.8 Å². The van der Waals surface area contributed by atoms with E-state index in [1.807, 2.05) is 12.1 Å². The predicted molar refractivity (Wildman–Crippen MR) is 76.2 cm³/mol. The molecule has 1 unspecified atom stereocenters. The molecule has 108 valence electrons. The van der Waals surface area contributed by atoms with Crippen LogP contribution in [-0.2, 0) is 11.2 Å². The molecule has 0 saturated carbocycles. The van der Waals surface area contributed by atoms with Gasteiger partial charge in [-0.05, 0) is 36.5 Å². The van der Waals surface area contributed by atoms with Gasteiger partial charge in [-0.1, -0.05) is 25.4 Å². The number of hydrogen-bond donors (Lipinski definition) is 1. The van der Waals surface area contributed by atoms with E-state index in [1.54, 1.807) is 0 Å². The molecule has 5 heteroatoms. The van der Waals surface area contributed by atoms with Gasteiger partial charge in [-0.25, -0.2) is 0 Å². The molecule has 3 rings (SSSR count). The van der Waals surface area contributed by atoms with E-state index in [2.05, 4.69) is 19.2 Å². The largest absolute Gasteiger partial charge is 0.454 e. The van der Waals surface area contributed by atoms with Crippen molar-refractivity contribution in [2.45, 2.75) is 38.6 Å². The fourth-order valence-electron chi connectivity index (χ4n) is 3.00. The third kappa shape index (κ3) is 2.22. The van der Waals surface area contributed by atoms with Gasteiger partial charge < -0.3 is 14.8 Å². The van der Waals surface area contributed by atoms with Crippen molar-refractivity contribution < 1.29 is 14.3 Å². The van der Waals surface area contributed by atoms with Crippen molar-refractivity contribution in [1.29, 1.82) is 0 Å². The molecule has 20 heavy (non-hydrogen) atoms. The van der Waals surface area contributed by atoms with E-state index < -0.39 is 0 Å². The molecular weight excluding hydrogens is 278 g/mol. The summed E-state index contributed by atoms with van der Waals surface area (Å²) in [6, 6.07) is 3.87. The summed E-state index contributed by atoms with van der Waals surface area (Å²) in [7, 11) is 0. The van der Waals surface area contributed by atoms with Crippen LogP contribution >= 0.6 is 11.6 Å². The quantitative estimate of drug-likeness (QED) is 0.933. The van der Waals surface area contributed by atoms with E-state index in [0.717, 1.165) is 18.4 Å². The van der Waals surface area contributed by atoms with Crippen molar-refractivity contribution in [2.75, 3.05) is 6.79 Å². The van der Waals surface area contributed by atoms with Crippen LogP contribution in [0.25, 0.3) is 0 Å². The Morgan fingerprint density at radius 1 is 1.40 bits per heavy atom. The maximum absolute atomic E-state index is 11.6. The van der Waals surface area contributed by atoms with Gasteiger partial charge in [-0.3, -0.25) is 4.79 Å². The molecule has 0 aliphatic carbocycles. The summed E-state index contributed by atoms with van der Waals surface area (Å²) in [6.07, 6.45) is 2.21. The zero-order valence-electron chi connectivity index (χ0n) is 11.7. The number of carbonyl (C=O) groups excluding carboxylic acids is 1. The average Bonchev–Trinajstić information content (AvgIpc) is 2.97. The molecule has 1 aromatic carbocycles. The summed E-state index contributed by atoms with van der Waals surface area (Å²) in [4.78, 5) is 11.6. The van der Waals surface area contributed by atoms with Crippen LogP contribution in [-0.4, -0.2) is 18.2 Å². The van der Waals surface area contributed by atoms with Crippen molar-refractivity contribution in [3.05, 3.63) is 22.7 Å². The lowest BCUT2D eigenvalue weighted by atomic mass is 9.80. The monoisotopic (exact) mass is 295 g/mol. The van der Waals surface area contributed by atoms with Crippen molar-refractivity contribution in [1.82, 2.24) is 5.32 Å². The van der Waals surface area contributed by atoms with Crippen molar-refractivity contribution in [3.8, 4) is 11.5 Å². The maximum Gasteiger partial charge on any atom is 0.231 e. The lowest BCUT2D eigenvalue weighted by Gasteiger charge is -2.33. The summed E-state index contributed by atoms with van der Waals surface area (Å²) in [5.41, 5.74) is 0.879. The summed E-state index contributed by atoms with van der Waals surface area (Å²) in [6.45, 7) is 4.49. The number of amides is 1. The van der Waals surface area contributed by atoms with E-state index in [1.165, 1.54) is 0 Å². The molecule has 1 saturated heterocycles. The van der Waals surface area contributed by atoms with Gasteiger partial charge >= 0.3 is 0 Å². The number of hydrogen-bond acceptors (Lipinski definition) is 3. The Balaban J connectivity index is 1.90. The Morgan fingerprint density at radius 3 is 2.85 bits per heavy atom. The normalized spacial score (nSPS) is 24.3. The predicted octanol–water partition coefficient (Wildman–Crippen LogP) is 2.92. The minimum atomic E-state index is -0.186. The van der Waals surface area contributed by atoms with Crippen molar-refractivity contribution >= 4 is 17.5 Å². The van der Waals surface area contributed by atoms with Crippen LogP contribution in [0.4, 0.5) is 0 Å². The number of fused-ring (bicyclic) bond motifs is 1. The molecule has 0 spiro atoms. The fraction of sp³-hybridized carbons (Fsp3) is 0.533. The molecular formula is C15H18ClNO3. The minimum Gasteiger partial charge on any atom is -0.454 e. The molecule has 2 heterocycles. The van der Waals surface area contributed by atoms with Crippen LogP contribution in [0.3, 0.4) is 0 Å². The van der Waals surface area contributed by atoms with Crippen LogP contribution in [0, 0.1) is 5.92 Å². The first kappa shape index (κ1) is 13.6. The van der Waals surface area contributed by atoms with Gasteiger partial charge in [-0.2, -0.15) is 0 Å². The Hall–Kier alpha value is -1.42. The smallest absolute Gasteiger partial charge is 0.231 e. The number of ether oxygens (including phenoxy) is 2. The van der Waals surface area contributed by atoms with Gasteiger partial charge in [-0.15, -0.1) is 0 Å². The highest BCUT2D eigenvalue weighted by Gasteiger charge is 2.40. The van der Waals surface area contributed by atoms with Crippen LogP contribution in [0.2, 0.25) is 5.02 Å². The lowest BCUT2D eigenvalue weighted by molar-refractivity contribution is -0.120. The van der Waals surface area contributed by atoms with Gasteiger partial charge in [0.1, 0.15) is 0 Å². The SMILES string of the molecule is CC(C)C1(Cc2cc(Cl)c3c(c2)OCO3)CCC(=O)N1. The van der Waals surface area contributed by atoms with E-state index in [0.29, 0.717) is 28.9 Å². The van der Waals surface area contributed by atoms with Crippen LogP contribution in [0.5, 0.6) is 11.5 Å². The molecule has 1 atom stereocenters. The molecule has 2 aliphatic rings. The van der Waals surface area contributed by atoms with Gasteiger partial charge in [0.2, 0.25) is 12.7 Å². The average molecular weight is 296 g/mol. The van der Waals surface area contributed by atoms with Gasteiger partial charge in [0.15, 0.2) is 11.5 Å². The van der Waals surface area contributed by atoms with Crippen LogP contribution in [0.1, 0.15) is 32.3 Å². The van der Waals surface area contributed by atoms with E-state index in [9.17, 15) is 4.79 Å². The maximum atomic E-state index is 11.6. The summed E-state index contributed by atoms with van der Waals surface area (Å²) in [5, 5.41) is 3.72. The van der Waals surface area contributed by atoms with Gasteiger partial charge in [0, 0.05) is 12.0 Å². The molecule has 0 bridgehead atoms. The Morgan fingerprint density at radius 2 is 2.20 bits per heavy atom. The third-order valence-corrected chi connectivity index (χ3v) is 4.58. The molecule has 1 fully saturated rings. The van der Waals surface area contributed by atoms with Crippen molar-refractivity contribution in [2.24, 2.45) is 5.92 Å². The minimum absolute atomic E-state index is 0.130. The molecule has 1 N–H and O–H groups in total. The molecule has 1 amide bonds. The standard InChI is InChI=1S/C15H18ClNO3/c1-9(2)15(4-3-13(18)17-15)7-10-5-11(16)14-12(6-10)19-8-20-14/h5-6,9H,3-4,7-8H2,1-2H3,(H,17,18). The number of rotatable bonds is 3. The fourth-order valence-corrected chi connectivity index (χ4v) is 3.28. The lowest BCUT2D eigenvalue weighted by Crippen LogP contribution is -2.48. The molecule has 1 aromatic rings. The molecule has 0 aromatic heterocycles.